The molecular weight excluding hydrogens is 249 g/mol. The average Bonchev–Trinajstić information content (AvgIpc) is 2.26. The van der Waals surface area contributed by atoms with E-state index in [9.17, 15) is 18.0 Å². The topological polar surface area (TPSA) is 41.6 Å². The lowest BCUT2D eigenvalue weighted by atomic mass is 9.89. The molecule has 18 heavy (non-hydrogen) atoms. The summed E-state index contributed by atoms with van der Waals surface area (Å²) in [6.07, 6.45) is -3.30. The number of hydrogen-bond donors (Lipinski definition) is 1. The van der Waals surface area contributed by atoms with Crippen LogP contribution in [0.5, 0.6) is 0 Å². The highest BCUT2D eigenvalue weighted by molar-refractivity contribution is 5.81. The van der Waals surface area contributed by atoms with Gasteiger partial charge in [0.25, 0.3) is 0 Å². The third-order valence-electron chi connectivity index (χ3n) is 2.98. The number of piperidine rings is 1. The first-order chi connectivity index (χ1) is 8.29. The number of carbonyl (C=O) groups is 1. The van der Waals surface area contributed by atoms with Gasteiger partial charge in [-0.1, -0.05) is 0 Å². The molecule has 4 nitrogen and oxygen atoms in total. The molecule has 0 aromatic rings. The number of ether oxygens (including phenoxy) is 1. The Kier molecular flexibility index (Phi) is 4.98. The maximum Gasteiger partial charge on any atom is 0.401 e. The van der Waals surface area contributed by atoms with Gasteiger partial charge in [-0.05, 0) is 33.4 Å². The normalized spacial score (nSPS) is 26.1. The van der Waals surface area contributed by atoms with Crippen molar-refractivity contribution in [1.29, 1.82) is 0 Å². The Balaban J connectivity index is 2.76. The Bertz CT molecular complexity index is 297. The molecule has 0 saturated carbocycles. The maximum atomic E-state index is 12.3. The van der Waals surface area contributed by atoms with Crippen molar-refractivity contribution in [3.63, 3.8) is 0 Å². The molecule has 0 spiro atoms. The summed E-state index contributed by atoms with van der Waals surface area (Å²) < 4.78 is 41.8. The van der Waals surface area contributed by atoms with Crippen LogP contribution in [-0.4, -0.2) is 55.9 Å². The zero-order valence-corrected chi connectivity index (χ0v) is 10.6. The fourth-order valence-corrected chi connectivity index (χ4v) is 2.19. The lowest BCUT2D eigenvalue weighted by molar-refractivity contribution is -0.158. The molecule has 1 aliphatic rings. The fraction of sp³-hybridized carbons (Fsp3) is 0.909. The van der Waals surface area contributed by atoms with Crippen LogP contribution in [0.4, 0.5) is 13.2 Å². The first kappa shape index (κ1) is 15.2. The van der Waals surface area contributed by atoms with Crippen LogP contribution < -0.4 is 5.32 Å². The van der Waals surface area contributed by atoms with Crippen LogP contribution in [-0.2, 0) is 9.53 Å². The second-order valence-electron chi connectivity index (χ2n) is 4.61. The Labute approximate surface area is 104 Å². The first-order valence-electron chi connectivity index (χ1n) is 5.96. The predicted molar refractivity (Wildman–Crippen MR) is 60.2 cm³/mol. The fourth-order valence-electron chi connectivity index (χ4n) is 2.19. The van der Waals surface area contributed by atoms with Crippen molar-refractivity contribution in [2.45, 2.75) is 31.5 Å². The summed E-state index contributed by atoms with van der Waals surface area (Å²) in [5.41, 5.74) is -1.24. The SMILES string of the molecule is CCOC(=O)C1(NCC(F)(F)F)CCCN(C)C1. The second-order valence-corrected chi connectivity index (χ2v) is 4.61. The molecule has 7 heteroatoms. The lowest BCUT2D eigenvalue weighted by Gasteiger charge is -2.40. The van der Waals surface area contributed by atoms with Gasteiger partial charge in [-0.3, -0.25) is 5.32 Å². The highest BCUT2D eigenvalue weighted by Crippen LogP contribution is 2.24. The molecule has 1 heterocycles. The van der Waals surface area contributed by atoms with E-state index < -0.39 is 24.2 Å². The molecule has 1 saturated heterocycles. The maximum absolute atomic E-state index is 12.3. The predicted octanol–water partition coefficient (Wildman–Crippen LogP) is 1.17. The van der Waals surface area contributed by atoms with Gasteiger partial charge in [0, 0.05) is 6.54 Å². The smallest absolute Gasteiger partial charge is 0.401 e. The summed E-state index contributed by atoms with van der Waals surface area (Å²) in [6.45, 7) is 1.64. The Hall–Kier alpha value is -0.820. The number of alkyl halides is 3. The van der Waals surface area contributed by atoms with Crippen LogP contribution in [0, 0.1) is 0 Å². The van der Waals surface area contributed by atoms with Crippen LogP contribution in [0.2, 0.25) is 0 Å². The molecule has 0 aromatic heterocycles. The summed E-state index contributed by atoms with van der Waals surface area (Å²) in [4.78, 5) is 13.7. The number of hydrogen-bond acceptors (Lipinski definition) is 4. The number of carbonyl (C=O) groups excluding carboxylic acids is 1. The number of likely N-dealkylation sites (N-methyl/N-ethyl adjacent to an activating group) is 1. The number of nitrogens with one attached hydrogen (secondary N) is 1. The van der Waals surface area contributed by atoms with Crippen molar-refractivity contribution in [2.24, 2.45) is 0 Å². The van der Waals surface area contributed by atoms with Crippen LogP contribution in [0.25, 0.3) is 0 Å². The molecule has 1 atom stereocenters. The van der Waals surface area contributed by atoms with Crippen molar-refractivity contribution < 1.29 is 22.7 Å². The van der Waals surface area contributed by atoms with Gasteiger partial charge in [0.1, 0.15) is 5.54 Å². The minimum atomic E-state index is -4.34. The molecular formula is C11H19F3N2O2. The van der Waals surface area contributed by atoms with Crippen molar-refractivity contribution in [1.82, 2.24) is 10.2 Å². The Morgan fingerprint density at radius 2 is 2.17 bits per heavy atom. The van der Waals surface area contributed by atoms with Crippen LogP contribution >= 0.6 is 0 Å². The molecule has 1 unspecified atom stereocenters. The van der Waals surface area contributed by atoms with Gasteiger partial charge < -0.3 is 9.64 Å². The summed E-state index contributed by atoms with van der Waals surface area (Å²) in [5.74, 6) is -0.596. The number of nitrogens with zero attached hydrogens (tertiary/aromatic N) is 1. The van der Waals surface area contributed by atoms with E-state index in [1.54, 1.807) is 14.0 Å². The minimum absolute atomic E-state index is 0.165. The largest absolute Gasteiger partial charge is 0.465 e. The monoisotopic (exact) mass is 268 g/mol. The number of halogens is 3. The van der Waals surface area contributed by atoms with E-state index in [1.807, 2.05) is 4.90 Å². The van der Waals surface area contributed by atoms with E-state index in [0.29, 0.717) is 12.8 Å². The molecule has 0 bridgehead atoms. The molecule has 1 fully saturated rings. The molecule has 1 N–H and O–H groups in total. The van der Waals surface area contributed by atoms with Gasteiger partial charge in [0.15, 0.2) is 0 Å². The molecule has 0 amide bonds. The van der Waals surface area contributed by atoms with Crippen molar-refractivity contribution >= 4 is 5.97 Å². The van der Waals surface area contributed by atoms with E-state index in [0.717, 1.165) is 6.54 Å². The van der Waals surface area contributed by atoms with Crippen molar-refractivity contribution in [2.75, 3.05) is 33.3 Å². The Morgan fingerprint density at radius 3 is 2.67 bits per heavy atom. The van der Waals surface area contributed by atoms with E-state index >= 15 is 0 Å². The summed E-state index contributed by atoms with van der Waals surface area (Å²) in [6, 6.07) is 0. The van der Waals surface area contributed by atoms with Crippen LogP contribution in [0.15, 0.2) is 0 Å². The van der Waals surface area contributed by atoms with Gasteiger partial charge in [-0.2, -0.15) is 13.2 Å². The standard InChI is InChI=1S/C11H19F3N2O2/c1-3-18-9(17)10(15-7-11(12,13)14)5-4-6-16(2)8-10/h15H,3-8H2,1-2H3. The molecule has 0 aliphatic carbocycles. The van der Waals surface area contributed by atoms with Crippen LogP contribution in [0.3, 0.4) is 0 Å². The number of esters is 1. The molecule has 1 rings (SSSR count). The highest BCUT2D eigenvalue weighted by Gasteiger charge is 2.44. The first-order valence-corrected chi connectivity index (χ1v) is 5.96. The molecule has 0 radical (unpaired) electrons. The number of likely N-dealkylation sites (tertiary alicyclic amines) is 1. The average molecular weight is 268 g/mol. The van der Waals surface area contributed by atoms with Gasteiger partial charge in [0.2, 0.25) is 0 Å². The van der Waals surface area contributed by atoms with E-state index in [1.165, 1.54) is 0 Å². The zero-order chi connectivity index (χ0) is 13.8. The van der Waals surface area contributed by atoms with E-state index in [4.69, 9.17) is 4.74 Å². The quantitative estimate of drug-likeness (QED) is 0.777. The van der Waals surface area contributed by atoms with E-state index in [2.05, 4.69) is 5.32 Å². The van der Waals surface area contributed by atoms with Gasteiger partial charge >= 0.3 is 12.1 Å². The summed E-state index contributed by atoms with van der Waals surface area (Å²) >= 11 is 0. The third kappa shape index (κ3) is 4.13. The van der Waals surface area contributed by atoms with Crippen molar-refractivity contribution in [3.05, 3.63) is 0 Å². The summed E-state index contributed by atoms with van der Waals surface area (Å²) in [7, 11) is 1.78. The lowest BCUT2D eigenvalue weighted by Crippen LogP contribution is -2.63. The van der Waals surface area contributed by atoms with Gasteiger partial charge in [-0.25, -0.2) is 4.79 Å². The van der Waals surface area contributed by atoms with E-state index in [-0.39, 0.29) is 13.2 Å². The molecule has 0 aromatic carbocycles. The molecule has 1 aliphatic heterocycles. The Morgan fingerprint density at radius 1 is 1.50 bits per heavy atom. The number of rotatable bonds is 4. The highest BCUT2D eigenvalue weighted by atomic mass is 19.4. The van der Waals surface area contributed by atoms with Crippen LogP contribution in [0.1, 0.15) is 19.8 Å². The second kappa shape index (κ2) is 5.88. The van der Waals surface area contributed by atoms with Gasteiger partial charge in [-0.15, -0.1) is 0 Å². The third-order valence-corrected chi connectivity index (χ3v) is 2.98. The van der Waals surface area contributed by atoms with Crippen molar-refractivity contribution in [3.8, 4) is 0 Å². The van der Waals surface area contributed by atoms with Gasteiger partial charge in [0.05, 0.1) is 13.2 Å². The zero-order valence-electron chi connectivity index (χ0n) is 10.6. The summed E-state index contributed by atoms with van der Waals surface area (Å²) in [5, 5.41) is 2.35. The minimum Gasteiger partial charge on any atom is -0.465 e. The molecule has 106 valence electrons.